The van der Waals surface area contributed by atoms with Gasteiger partial charge >= 0.3 is 0 Å². The van der Waals surface area contributed by atoms with Gasteiger partial charge in [0, 0.05) is 72.5 Å². The van der Waals surface area contributed by atoms with Gasteiger partial charge in [0.1, 0.15) is 6.04 Å². The van der Waals surface area contributed by atoms with Gasteiger partial charge in [0.05, 0.1) is 16.9 Å². The highest BCUT2D eigenvalue weighted by atomic mass is 35.5. The maximum Gasteiger partial charge on any atom is 0.255 e. The molecule has 3 fully saturated rings. The SMILES string of the molecule is O=C1CCC(Nc2ccc(N3CCCN(CC4CCC(NC(=O)c5ccc(Nc6ncc(F)c(Nc7ccc(C(=O)Nc8ccccc8Cl)cc7)n6)cc5)CC4)CC3)cc2)C(=O)N1. The number of carbonyl (C=O) groups excluding carboxylic acids is 4. The number of para-hydroxylation sites is 1. The molecule has 1 unspecified atom stereocenters. The molecule has 4 aromatic carbocycles. The Hall–Kier alpha value is -6.58. The van der Waals surface area contributed by atoms with Crippen LogP contribution in [0.1, 0.15) is 65.7 Å². The number of halogens is 2. The second kappa shape index (κ2) is 20.1. The Morgan fingerprint density at radius 1 is 0.762 bits per heavy atom. The second-order valence-electron chi connectivity index (χ2n) is 16.3. The van der Waals surface area contributed by atoms with Crippen LogP contribution in [0.15, 0.2) is 103 Å². The van der Waals surface area contributed by atoms with Crippen LogP contribution in [0.3, 0.4) is 0 Å². The second-order valence-corrected chi connectivity index (χ2v) is 16.7. The lowest BCUT2D eigenvalue weighted by atomic mass is 9.85. The van der Waals surface area contributed by atoms with E-state index in [1.807, 2.05) is 12.1 Å². The number of nitrogens with zero attached hydrogens (tertiary/aromatic N) is 4. The van der Waals surface area contributed by atoms with Crippen molar-refractivity contribution in [1.82, 2.24) is 25.5 Å². The van der Waals surface area contributed by atoms with Gasteiger partial charge in [-0.25, -0.2) is 9.37 Å². The zero-order valence-corrected chi connectivity index (χ0v) is 35.5. The van der Waals surface area contributed by atoms with Crippen molar-refractivity contribution in [3.05, 3.63) is 125 Å². The first-order valence-corrected chi connectivity index (χ1v) is 21.8. The minimum atomic E-state index is -0.653. The van der Waals surface area contributed by atoms with Crippen molar-refractivity contribution >= 4 is 75.4 Å². The normalized spacial score (nSPS) is 19.3. The van der Waals surface area contributed by atoms with E-state index in [1.54, 1.807) is 72.8 Å². The van der Waals surface area contributed by atoms with Crippen molar-refractivity contribution in [2.24, 2.45) is 5.92 Å². The summed E-state index contributed by atoms with van der Waals surface area (Å²) >= 11 is 6.16. The van der Waals surface area contributed by atoms with Crippen molar-refractivity contribution in [2.75, 3.05) is 58.9 Å². The predicted octanol–water partition coefficient (Wildman–Crippen LogP) is 7.73. The Kier molecular flexibility index (Phi) is 13.7. The van der Waals surface area contributed by atoms with E-state index in [4.69, 9.17) is 11.6 Å². The lowest BCUT2D eigenvalue weighted by molar-refractivity contribution is -0.133. The fourth-order valence-electron chi connectivity index (χ4n) is 8.28. The summed E-state index contributed by atoms with van der Waals surface area (Å²) in [6.07, 6.45) is 7.00. The van der Waals surface area contributed by atoms with Crippen molar-refractivity contribution in [1.29, 1.82) is 0 Å². The molecule has 4 amide bonds. The van der Waals surface area contributed by atoms with Crippen molar-refractivity contribution < 1.29 is 23.6 Å². The molecule has 2 aliphatic heterocycles. The zero-order valence-electron chi connectivity index (χ0n) is 34.7. The number of imide groups is 1. The van der Waals surface area contributed by atoms with Crippen molar-refractivity contribution in [3.8, 4) is 0 Å². The summed E-state index contributed by atoms with van der Waals surface area (Å²) in [5.74, 6) is -0.887. The first kappa shape index (κ1) is 43.1. The van der Waals surface area contributed by atoms with Gasteiger partial charge in [0.25, 0.3) is 11.8 Å². The number of rotatable bonds is 13. The molecule has 2 saturated heterocycles. The molecule has 326 valence electrons. The van der Waals surface area contributed by atoms with Crippen molar-refractivity contribution in [3.63, 3.8) is 0 Å². The number of benzene rings is 4. The summed E-state index contributed by atoms with van der Waals surface area (Å²) in [7, 11) is 0. The molecule has 1 aromatic heterocycles. The van der Waals surface area contributed by atoms with Gasteiger partial charge in [-0.3, -0.25) is 24.5 Å². The molecule has 0 radical (unpaired) electrons. The first-order valence-electron chi connectivity index (χ1n) is 21.4. The Morgan fingerprint density at radius 2 is 1.44 bits per heavy atom. The van der Waals surface area contributed by atoms with Gasteiger partial charge in [-0.05, 0) is 136 Å². The van der Waals surface area contributed by atoms with Gasteiger partial charge in [-0.15, -0.1) is 0 Å². The Balaban J connectivity index is 0.754. The highest BCUT2D eigenvalue weighted by Gasteiger charge is 2.27. The summed E-state index contributed by atoms with van der Waals surface area (Å²) in [6, 6.07) is 28.4. The minimum Gasteiger partial charge on any atom is -0.374 e. The van der Waals surface area contributed by atoms with E-state index >= 15 is 0 Å². The van der Waals surface area contributed by atoms with E-state index in [1.165, 1.54) is 0 Å². The summed E-state index contributed by atoms with van der Waals surface area (Å²) < 4.78 is 14.7. The van der Waals surface area contributed by atoms with Crippen LogP contribution in [0, 0.1) is 11.7 Å². The van der Waals surface area contributed by atoms with E-state index in [9.17, 15) is 23.6 Å². The summed E-state index contributed by atoms with van der Waals surface area (Å²) in [4.78, 5) is 62.9. The minimum absolute atomic E-state index is 0.0492. The lowest BCUT2D eigenvalue weighted by Gasteiger charge is -2.32. The predicted molar refractivity (Wildman–Crippen MR) is 244 cm³/mol. The molecular formula is C47H50ClFN10O4. The third-order valence-corrected chi connectivity index (χ3v) is 12.1. The van der Waals surface area contributed by atoms with Crippen LogP contribution >= 0.6 is 11.6 Å². The molecule has 0 spiro atoms. The Labute approximate surface area is 370 Å². The molecule has 1 aliphatic carbocycles. The summed E-state index contributed by atoms with van der Waals surface area (Å²) in [6.45, 7) is 5.04. The smallest absolute Gasteiger partial charge is 0.255 e. The number of carbonyl (C=O) groups is 4. The quantitative estimate of drug-likeness (QED) is 0.0640. The summed E-state index contributed by atoms with van der Waals surface area (Å²) in [5.41, 5.74) is 4.63. The average Bonchev–Trinajstić information content (AvgIpc) is 3.53. The van der Waals surface area contributed by atoms with Gasteiger partial charge in [-0.2, -0.15) is 4.98 Å². The third kappa shape index (κ3) is 11.5. The number of anilines is 7. The fourth-order valence-corrected chi connectivity index (χ4v) is 8.47. The molecule has 3 aliphatic rings. The summed E-state index contributed by atoms with van der Waals surface area (Å²) in [5, 5.41) is 18.1. The maximum atomic E-state index is 14.7. The largest absolute Gasteiger partial charge is 0.374 e. The molecule has 8 rings (SSSR count). The number of hydrogen-bond acceptors (Lipinski definition) is 11. The molecule has 0 bridgehead atoms. The van der Waals surface area contributed by atoms with Crippen LogP contribution in [0.4, 0.5) is 44.6 Å². The van der Waals surface area contributed by atoms with Crippen LogP contribution < -0.4 is 36.8 Å². The number of piperidine rings is 1. The van der Waals surface area contributed by atoms with Gasteiger partial charge < -0.3 is 36.4 Å². The molecule has 16 heteroatoms. The van der Waals surface area contributed by atoms with E-state index < -0.39 is 11.9 Å². The fraction of sp³-hybridized carbons (Fsp3) is 0.319. The Morgan fingerprint density at radius 3 is 2.16 bits per heavy atom. The standard InChI is InChI=1S/C47H50ClFN10O4/c48-38-4-1-2-5-40(38)55-45(62)32-8-14-34(15-9-32)52-43-39(49)28-50-47(57-43)54-36-16-10-31(11-17-36)44(61)53-35-12-6-30(7-13-35)29-58-24-3-25-59(27-26-58)37-20-18-33(19-21-37)51-41-22-23-42(60)56-46(41)63/h1-2,4-5,8-11,14-21,28,30,35,41,51H,3,6-7,12-13,22-27,29H2,(H,53,61)(H,55,62)(H,56,60,63)(H2,50,52,54,57). The highest BCUT2D eigenvalue weighted by molar-refractivity contribution is 6.33. The number of nitrogens with one attached hydrogen (secondary N) is 6. The highest BCUT2D eigenvalue weighted by Crippen LogP contribution is 2.28. The molecule has 3 heterocycles. The first-order chi connectivity index (χ1) is 30.6. The third-order valence-electron chi connectivity index (χ3n) is 11.8. The molecule has 5 aromatic rings. The lowest BCUT2D eigenvalue weighted by Crippen LogP contribution is -2.47. The maximum absolute atomic E-state index is 14.7. The van der Waals surface area contributed by atoms with Crippen LogP contribution in [0.25, 0.3) is 0 Å². The van der Waals surface area contributed by atoms with E-state index in [-0.39, 0.29) is 41.4 Å². The molecular weight excluding hydrogens is 823 g/mol. The molecule has 1 atom stereocenters. The van der Waals surface area contributed by atoms with Gasteiger partial charge in [0.15, 0.2) is 11.6 Å². The van der Waals surface area contributed by atoms with E-state index in [0.717, 1.165) is 82.4 Å². The topological polar surface area (TPSA) is 173 Å². The molecule has 6 N–H and O–H groups in total. The van der Waals surface area contributed by atoms with Gasteiger partial charge in [-0.1, -0.05) is 23.7 Å². The van der Waals surface area contributed by atoms with Crippen LogP contribution in [-0.2, 0) is 9.59 Å². The van der Waals surface area contributed by atoms with Crippen molar-refractivity contribution in [2.45, 2.75) is 57.0 Å². The molecule has 63 heavy (non-hydrogen) atoms. The zero-order chi connectivity index (χ0) is 43.7. The van der Waals surface area contributed by atoms with Crippen LogP contribution in [0.2, 0.25) is 5.02 Å². The van der Waals surface area contributed by atoms with Gasteiger partial charge in [0.2, 0.25) is 17.8 Å². The Bertz CT molecular complexity index is 2410. The molecule has 14 nitrogen and oxygen atoms in total. The van der Waals surface area contributed by atoms with E-state index in [0.29, 0.717) is 52.0 Å². The number of aromatic nitrogens is 2. The average molecular weight is 873 g/mol. The monoisotopic (exact) mass is 872 g/mol. The number of hydrogen-bond donors (Lipinski definition) is 6. The number of amides is 4. The molecule has 1 saturated carbocycles. The van der Waals surface area contributed by atoms with Crippen LogP contribution in [0.5, 0.6) is 0 Å². The van der Waals surface area contributed by atoms with E-state index in [2.05, 4.69) is 63.8 Å². The van der Waals surface area contributed by atoms with Crippen LogP contribution in [-0.4, -0.2) is 83.3 Å².